The van der Waals surface area contributed by atoms with Gasteiger partial charge in [0.2, 0.25) is 6.10 Å². The fourth-order valence-corrected chi connectivity index (χ4v) is 4.59. The van der Waals surface area contributed by atoms with Crippen molar-refractivity contribution in [3.05, 3.63) is 72.8 Å². The SMILES string of the molecule is COC(=O)[C@@H]1CN(C(=O)COc2ccc(S(=O)(=O)Nc3ccc(OC)cc3)cc2)c2ccccc2O1. The first-order valence-electron chi connectivity index (χ1n) is 10.8. The highest BCUT2D eigenvalue weighted by Crippen LogP contribution is 2.33. The van der Waals surface area contributed by atoms with Gasteiger partial charge in [-0.25, -0.2) is 13.2 Å². The van der Waals surface area contributed by atoms with Crippen LogP contribution in [0.15, 0.2) is 77.7 Å². The van der Waals surface area contributed by atoms with Gasteiger partial charge in [-0.1, -0.05) is 12.1 Å². The highest BCUT2D eigenvalue weighted by Gasteiger charge is 2.34. The molecule has 1 N–H and O–H groups in total. The molecule has 1 amide bonds. The van der Waals surface area contributed by atoms with Crippen molar-refractivity contribution in [3.63, 3.8) is 0 Å². The van der Waals surface area contributed by atoms with Gasteiger partial charge < -0.3 is 23.8 Å². The molecule has 1 aliphatic heterocycles. The number of sulfonamides is 1. The van der Waals surface area contributed by atoms with E-state index in [1.165, 1.54) is 43.4 Å². The summed E-state index contributed by atoms with van der Waals surface area (Å²) >= 11 is 0. The number of nitrogens with one attached hydrogen (secondary N) is 1. The number of carbonyl (C=O) groups is 2. The standard InChI is InChI=1S/C25H24N2O8S/c1-32-18-9-7-17(8-10-18)26-36(30,31)20-13-11-19(12-14-20)34-16-24(28)27-15-23(25(29)33-2)35-22-6-4-3-5-21(22)27/h3-14,23,26H,15-16H2,1-2H3/t23-/m0/s1. The lowest BCUT2D eigenvalue weighted by Crippen LogP contribution is -2.48. The quantitative estimate of drug-likeness (QED) is 0.458. The summed E-state index contributed by atoms with van der Waals surface area (Å²) in [5.41, 5.74) is 0.898. The van der Waals surface area contributed by atoms with E-state index in [-0.39, 0.29) is 18.0 Å². The predicted octanol–water partition coefficient (Wildman–Crippen LogP) is 2.84. The summed E-state index contributed by atoms with van der Waals surface area (Å²) in [6, 6.07) is 19.0. The van der Waals surface area contributed by atoms with E-state index in [2.05, 4.69) is 4.72 Å². The molecule has 1 heterocycles. The summed E-state index contributed by atoms with van der Waals surface area (Å²) < 4.78 is 48.9. The van der Waals surface area contributed by atoms with Gasteiger partial charge in [0.15, 0.2) is 6.61 Å². The summed E-state index contributed by atoms with van der Waals surface area (Å²) in [5.74, 6) is 0.292. The molecule has 1 aliphatic rings. The number of benzene rings is 3. The molecular formula is C25H24N2O8S. The van der Waals surface area contributed by atoms with Crippen LogP contribution in [-0.4, -0.2) is 53.8 Å². The van der Waals surface area contributed by atoms with Crippen molar-refractivity contribution in [1.29, 1.82) is 0 Å². The van der Waals surface area contributed by atoms with E-state index < -0.39 is 28.0 Å². The van der Waals surface area contributed by atoms with Crippen LogP contribution >= 0.6 is 0 Å². The Morgan fingerprint density at radius 2 is 1.64 bits per heavy atom. The van der Waals surface area contributed by atoms with Crippen molar-refractivity contribution in [3.8, 4) is 17.2 Å². The molecule has 0 aliphatic carbocycles. The molecule has 0 fully saturated rings. The average molecular weight is 513 g/mol. The summed E-state index contributed by atoms with van der Waals surface area (Å²) in [6.45, 7) is -0.363. The van der Waals surface area contributed by atoms with Crippen LogP contribution in [0.5, 0.6) is 17.2 Å². The third-order valence-corrected chi connectivity index (χ3v) is 6.77. The van der Waals surface area contributed by atoms with Crippen LogP contribution in [0.2, 0.25) is 0 Å². The van der Waals surface area contributed by atoms with E-state index in [4.69, 9.17) is 18.9 Å². The van der Waals surface area contributed by atoms with E-state index in [0.29, 0.717) is 28.6 Å². The van der Waals surface area contributed by atoms with Gasteiger partial charge >= 0.3 is 5.97 Å². The lowest BCUT2D eigenvalue weighted by molar-refractivity contribution is -0.148. The molecule has 0 bridgehead atoms. The monoisotopic (exact) mass is 512 g/mol. The summed E-state index contributed by atoms with van der Waals surface area (Å²) in [5, 5.41) is 0. The maximum atomic E-state index is 12.9. The minimum Gasteiger partial charge on any atom is -0.497 e. The topological polar surface area (TPSA) is 120 Å². The molecule has 188 valence electrons. The minimum atomic E-state index is -3.83. The molecule has 0 spiro atoms. The molecule has 3 aromatic rings. The molecule has 0 saturated carbocycles. The maximum absolute atomic E-state index is 12.9. The molecule has 0 unspecified atom stereocenters. The van der Waals surface area contributed by atoms with E-state index in [1.54, 1.807) is 48.5 Å². The average Bonchev–Trinajstić information content (AvgIpc) is 2.91. The van der Waals surface area contributed by atoms with Crippen LogP contribution in [0.1, 0.15) is 0 Å². The van der Waals surface area contributed by atoms with E-state index in [1.807, 2.05) is 0 Å². The zero-order chi connectivity index (χ0) is 25.7. The Balaban J connectivity index is 1.41. The van der Waals surface area contributed by atoms with Crippen molar-refractivity contribution in [2.24, 2.45) is 0 Å². The zero-order valence-corrected chi connectivity index (χ0v) is 20.4. The third-order valence-electron chi connectivity index (χ3n) is 5.38. The smallest absolute Gasteiger partial charge is 0.348 e. The van der Waals surface area contributed by atoms with Crippen LogP contribution in [0.3, 0.4) is 0 Å². The summed E-state index contributed by atoms with van der Waals surface area (Å²) in [7, 11) is -1.06. The summed E-state index contributed by atoms with van der Waals surface area (Å²) in [6.07, 6.45) is -0.962. The van der Waals surface area contributed by atoms with Gasteiger partial charge in [0, 0.05) is 5.69 Å². The van der Waals surface area contributed by atoms with Crippen LogP contribution in [0.25, 0.3) is 0 Å². The van der Waals surface area contributed by atoms with E-state index in [0.717, 1.165) is 0 Å². The molecule has 0 aromatic heterocycles. The second-order valence-electron chi connectivity index (χ2n) is 7.70. The molecule has 3 aromatic carbocycles. The normalized spacial score (nSPS) is 14.7. The Morgan fingerprint density at radius 1 is 0.972 bits per heavy atom. The fraction of sp³-hybridized carbons (Fsp3) is 0.200. The van der Waals surface area contributed by atoms with Crippen LogP contribution in [-0.2, 0) is 24.3 Å². The Kier molecular flexibility index (Phi) is 7.30. The number of hydrogen-bond donors (Lipinski definition) is 1. The van der Waals surface area contributed by atoms with Crippen LogP contribution in [0.4, 0.5) is 11.4 Å². The molecule has 0 radical (unpaired) electrons. The maximum Gasteiger partial charge on any atom is 0.348 e. The first-order chi connectivity index (χ1) is 17.3. The van der Waals surface area contributed by atoms with E-state index in [9.17, 15) is 18.0 Å². The van der Waals surface area contributed by atoms with E-state index >= 15 is 0 Å². The predicted molar refractivity (Wildman–Crippen MR) is 131 cm³/mol. The number of fused-ring (bicyclic) bond motifs is 1. The third kappa shape index (κ3) is 5.52. The van der Waals surface area contributed by atoms with Crippen molar-refractivity contribution in [2.45, 2.75) is 11.0 Å². The van der Waals surface area contributed by atoms with Crippen LogP contribution in [0, 0.1) is 0 Å². The van der Waals surface area contributed by atoms with Crippen molar-refractivity contribution < 1.29 is 37.0 Å². The molecule has 1 atom stereocenters. The molecule has 10 nitrogen and oxygen atoms in total. The minimum absolute atomic E-state index is 0.0277. The number of hydrogen-bond acceptors (Lipinski definition) is 8. The van der Waals surface area contributed by atoms with Crippen molar-refractivity contribution >= 4 is 33.3 Å². The molecule has 11 heteroatoms. The number of carbonyl (C=O) groups excluding carboxylic acids is 2. The molecule has 0 saturated heterocycles. The number of methoxy groups -OCH3 is 2. The van der Waals surface area contributed by atoms with Gasteiger partial charge in [-0.15, -0.1) is 0 Å². The zero-order valence-electron chi connectivity index (χ0n) is 19.5. The fourth-order valence-electron chi connectivity index (χ4n) is 3.54. The van der Waals surface area contributed by atoms with Crippen LogP contribution < -0.4 is 23.8 Å². The van der Waals surface area contributed by atoms with Gasteiger partial charge in [-0.05, 0) is 60.7 Å². The number of para-hydroxylation sites is 2. The Morgan fingerprint density at radius 3 is 2.31 bits per heavy atom. The second-order valence-corrected chi connectivity index (χ2v) is 9.38. The van der Waals surface area contributed by atoms with Gasteiger partial charge in [-0.2, -0.15) is 0 Å². The summed E-state index contributed by atoms with van der Waals surface area (Å²) in [4.78, 5) is 26.4. The first-order valence-corrected chi connectivity index (χ1v) is 12.3. The number of amides is 1. The number of rotatable bonds is 8. The second kappa shape index (κ2) is 10.6. The highest BCUT2D eigenvalue weighted by atomic mass is 32.2. The Hall–Kier alpha value is -4.25. The number of ether oxygens (including phenoxy) is 4. The largest absolute Gasteiger partial charge is 0.497 e. The lowest BCUT2D eigenvalue weighted by Gasteiger charge is -2.33. The van der Waals surface area contributed by atoms with Gasteiger partial charge in [0.25, 0.3) is 15.9 Å². The van der Waals surface area contributed by atoms with Gasteiger partial charge in [-0.3, -0.25) is 9.52 Å². The van der Waals surface area contributed by atoms with Crippen molar-refractivity contribution in [2.75, 3.05) is 37.0 Å². The molecule has 4 rings (SSSR count). The first kappa shape index (κ1) is 24.9. The highest BCUT2D eigenvalue weighted by molar-refractivity contribution is 7.92. The number of anilines is 2. The lowest BCUT2D eigenvalue weighted by atomic mass is 10.2. The van der Waals surface area contributed by atoms with Crippen molar-refractivity contribution in [1.82, 2.24) is 0 Å². The number of esters is 1. The van der Waals surface area contributed by atoms with Gasteiger partial charge in [0.05, 0.1) is 31.3 Å². The van der Waals surface area contributed by atoms with Gasteiger partial charge in [0.1, 0.15) is 17.2 Å². The number of nitrogens with zero attached hydrogens (tertiary/aromatic N) is 1. The Bertz CT molecular complexity index is 1340. The Labute approximate surface area is 208 Å². The molecule has 36 heavy (non-hydrogen) atoms. The molecular weight excluding hydrogens is 488 g/mol.